The standard InChI is InChI=1S/C10H15ClN4O3S/c11-8-12-9(15-1-3-18-4-2-15)14-10(13-8)19-6-7(17)5-16/h7,16-17H,1-6H2. The van der Waals surface area contributed by atoms with Crippen LogP contribution in [0.4, 0.5) is 5.95 Å². The van der Waals surface area contributed by atoms with Gasteiger partial charge in [-0.25, -0.2) is 0 Å². The second-order valence-corrected chi connectivity index (χ2v) is 5.26. The van der Waals surface area contributed by atoms with E-state index in [9.17, 15) is 5.11 Å². The van der Waals surface area contributed by atoms with E-state index in [1.54, 1.807) is 0 Å². The summed E-state index contributed by atoms with van der Waals surface area (Å²) in [6.45, 7) is 2.40. The lowest BCUT2D eigenvalue weighted by molar-refractivity contribution is 0.113. The van der Waals surface area contributed by atoms with E-state index in [-0.39, 0.29) is 11.9 Å². The lowest BCUT2D eigenvalue weighted by Crippen LogP contribution is -2.37. The molecule has 0 bridgehead atoms. The molecule has 0 saturated carbocycles. The second kappa shape index (κ2) is 7.20. The van der Waals surface area contributed by atoms with Crippen LogP contribution >= 0.6 is 23.4 Å². The predicted octanol–water partition coefficient (Wildman–Crippen LogP) is -0.193. The van der Waals surface area contributed by atoms with E-state index < -0.39 is 6.10 Å². The Hall–Kier alpha value is -0.670. The van der Waals surface area contributed by atoms with Crippen molar-refractivity contribution in [1.29, 1.82) is 0 Å². The van der Waals surface area contributed by atoms with Gasteiger partial charge in [0.1, 0.15) is 0 Å². The number of ether oxygens (including phenoxy) is 1. The van der Waals surface area contributed by atoms with Gasteiger partial charge in [0.15, 0.2) is 5.16 Å². The number of nitrogens with zero attached hydrogens (tertiary/aromatic N) is 4. The van der Waals surface area contributed by atoms with Crippen LogP contribution in [-0.4, -0.2) is 69.9 Å². The molecule has 1 aromatic rings. The number of anilines is 1. The largest absolute Gasteiger partial charge is 0.394 e. The van der Waals surface area contributed by atoms with E-state index in [0.29, 0.717) is 43.2 Å². The summed E-state index contributed by atoms with van der Waals surface area (Å²) in [7, 11) is 0. The number of halogens is 1. The molecular weight excluding hydrogens is 292 g/mol. The first-order valence-electron chi connectivity index (χ1n) is 5.85. The van der Waals surface area contributed by atoms with Crippen LogP contribution in [0.3, 0.4) is 0 Å². The van der Waals surface area contributed by atoms with Crippen LogP contribution in [0.1, 0.15) is 0 Å². The highest BCUT2D eigenvalue weighted by Crippen LogP contribution is 2.20. The van der Waals surface area contributed by atoms with Crippen molar-refractivity contribution in [1.82, 2.24) is 15.0 Å². The van der Waals surface area contributed by atoms with Crippen LogP contribution < -0.4 is 4.90 Å². The fourth-order valence-corrected chi connectivity index (χ4v) is 2.46. The zero-order valence-corrected chi connectivity index (χ0v) is 11.8. The zero-order chi connectivity index (χ0) is 13.7. The van der Waals surface area contributed by atoms with E-state index in [0.717, 1.165) is 0 Å². The molecule has 0 amide bonds. The number of aliphatic hydroxyl groups is 2. The predicted molar refractivity (Wildman–Crippen MR) is 71.7 cm³/mol. The quantitative estimate of drug-likeness (QED) is 0.723. The van der Waals surface area contributed by atoms with Gasteiger partial charge in [0.05, 0.1) is 25.9 Å². The molecule has 106 valence electrons. The Labute approximate surface area is 120 Å². The molecule has 7 nitrogen and oxygen atoms in total. The van der Waals surface area contributed by atoms with Crippen LogP contribution in [0, 0.1) is 0 Å². The molecule has 1 fully saturated rings. The molecule has 1 saturated heterocycles. The molecule has 2 N–H and O–H groups in total. The van der Waals surface area contributed by atoms with Crippen LogP contribution in [0.25, 0.3) is 0 Å². The van der Waals surface area contributed by atoms with E-state index in [1.807, 2.05) is 4.90 Å². The third-order valence-corrected chi connectivity index (χ3v) is 3.65. The first-order valence-corrected chi connectivity index (χ1v) is 7.21. The molecule has 1 unspecified atom stereocenters. The molecule has 0 aromatic carbocycles. The Morgan fingerprint density at radius 3 is 2.74 bits per heavy atom. The van der Waals surface area contributed by atoms with Crippen molar-refractivity contribution in [2.24, 2.45) is 0 Å². The topological polar surface area (TPSA) is 91.6 Å². The number of morpholine rings is 1. The SMILES string of the molecule is OCC(O)CSc1nc(Cl)nc(N2CCOCC2)n1. The Kier molecular flexibility index (Phi) is 5.59. The highest BCUT2D eigenvalue weighted by atomic mass is 35.5. The van der Waals surface area contributed by atoms with Gasteiger partial charge in [0.25, 0.3) is 0 Å². The van der Waals surface area contributed by atoms with Crippen molar-refractivity contribution >= 4 is 29.3 Å². The fourth-order valence-electron chi connectivity index (χ4n) is 1.51. The summed E-state index contributed by atoms with van der Waals surface area (Å²) in [5.74, 6) is 0.823. The summed E-state index contributed by atoms with van der Waals surface area (Å²) in [6, 6.07) is 0. The average Bonchev–Trinajstić information content (AvgIpc) is 2.45. The van der Waals surface area contributed by atoms with Gasteiger partial charge in [-0.2, -0.15) is 15.0 Å². The molecule has 2 rings (SSSR count). The first kappa shape index (κ1) is 14.7. The molecule has 0 spiro atoms. The van der Waals surface area contributed by atoms with E-state index in [1.165, 1.54) is 11.8 Å². The molecule has 9 heteroatoms. The van der Waals surface area contributed by atoms with Gasteiger partial charge in [0, 0.05) is 18.8 Å². The summed E-state index contributed by atoms with van der Waals surface area (Å²) in [5, 5.41) is 18.6. The minimum Gasteiger partial charge on any atom is -0.394 e. The molecule has 1 aliphatic heterocycles. The molecule has 0 aliphatic carbocycles. The van der Waals surface area contributed by atoms with Gasteiger partial charge in [-0.1, -0.05) is 11.8 Å². The smallest absolute Gasteiger partial charge is 0.230 e. The van der Waals surface area contributed by atoms with Crippen molar-refractivity contribution in [3.05, 3.63) is 5.28 Å². The highest BCUT2D eigenvalue weighted by molar-refractivity contribution is 7.99. The summed E-state index contributed by atoms with van der Waals surface area (Å²) in [5.41, 5.74) is 0. The lowest BCUT2D eigenvalue weighted by atomic mass is 10.4. The normalized spacial score (nSPS) is 17.5. The molecule has 0 radical (unpaired) electrons. The van der Waals surface area contributed by atoms with Crippen molar-refractivity contribution in [2.75, 3.05) is 43.6 Å². The van der Waals surface area contributed by atoms with Crippen LogP contribution in [0.15, 0.2) is 5.16 Å². The zero-order valence-electron chi connectivity index (χ0n) is 10.2. The van der Waals surface area contributed by atoms with Gasteiger partial charge in [-0.05, 0) is 11.6 Å². The summed E-state index contributed by atoms with van der Waals surface area (Å²) < 4.78 is 5.26. The minimum atomic E-state index is -0.799. The van der Waals surface area contributed by atoms with E-state index >= 15 is 0 Å². The van der Waals surface area contributed by atoms with Crippen molar-refractivity contribution < 1.29 is 14.9 Å². The maximum Gasteiger partial charge on any atom is 0.230 e. The Morgan fingerprint density at radius 1 is 1.32 bits per heavy atom. The molecule has 19 heavy (non-hydrogen) atoms. The molecule has 2 heterocycles. The fraction of sp³-hybridized carbons (Fsp3) is 0.700. The maximum absolute atomic E-state index is 9.30. The monoisotopic (exact) mass is 306 g/mol. The van der Waals surface area contributed by atoms with Crippen LogP contribution in [0.2, 0.25) is 5.28 Å². The van der Waals surface area contributed by atoms with Crippen molar-refractivity contribution in [3.63, 3.8) is 0 Å². The number of hydrogen-bond donors (Lipinski definition) is 2. The van der Waals surface area contributed by atoms with Crippen LogP contribution in [-0.2, 0) is 4.74 Å². The van der Waals surface area contributed by atoms with E-state index in [4.69, 9.17) is 21.4 Å². The number of hydrogen-bond acceptors (Lipinski definition) is 8. The molecule has 1 atom stereocenters. The van der Waals surface area contributed by atoms with Gasteiger partial charge < -0.3 is 19.8 Å². The first-order chi connectivity index (χ1) is 9.19. The van der Waals surface area contributed by atoms with E-state index in [2.05, 4.69) is 15.0 Å². The van der Waals surface area contributed by atoms with Gasteiger partial charge in [0.2, 0.25) is 11.2 Å². The minimum absolute atomic E-state index is 0.123. The lowest BCUT2D eigenvalue weighted by Gasteiger charge is -2.26. The number of aromatic nitrogens is 3. The van der Waals surface area contributed by atoms with Gasteiger partial charge in [-0.15, -0.1) is 0 Å². The number of thioether (sulfide) groups is 1. The third-order valence-electron chi connectivity index (χ3n) is 2.49. The van der Waals surface area contributed by atoms with Crippen molar-refractivity contribution in [3.8, 4) is 0 Å². The van der Waals surface area contributed by atoms with Gasteiger partial charge >= 0.3 is 0 Å². The molecule has 1 aromatic heterocycles. The maximum atomic E-state index is 9.30. The molecular formula is C10H15ClN4O3S. The number of rotatable bonds is 5. The van der Waals surface area contributed by atoms with Crippen molar-refractivity contribution in [2.45, 2.75) is 11.3 Å². The Bertz CT molecular complexity index is 420. The van der Waals surface area contributed by atoms with Gasteiger partial charge in [-0.3, -0.25) is 0 Å². The molecule has 1 aliphatic rings. The Morgan fingerprint density at radius 2 is 2.05 bits per heavy atom. The summed E-state index contributed by atoms with van der Waals surface area (Å²) in [6.07, 6.45) is -0.799. The highest BCUT2D eigenvalue weighted by Gasteiger charge is 2.16. The second-order valence-electron chi connectivity index (χ2n) is 3.93. The van der Waals surface area contributed by atoms with Crippen LogP contribution in [0.5, 0.6) is 0 Å². The third kappa shape index (κ3) is 4.43. The Balaban J connectivity index is 2.05. The summed E-state index contributed by atoms with van der Waals surface area (Å²) >= 11 is 7.10. The number of aliphatic hydroxyl groups excluding tert-OH is 2. The summed E-state index contributed by atoms with van der Waals surface area (Å²) in [4.78, 5) is 14.4. The average molecular weight is 307 g/mol.